The SMILES string of the molecule is CCCCOc1c2n(ccc1=O)N[C@@H]1[C@H]3C[C@@H]4CC[C@@]3(CCN1C2=O)O4. The number of amides is 1. The molecule has 1 spiro atoms. The van der Waals surface area contributed by atoms with Crippen LogP contribution in [0.25, 0.3) is 0 Å². The molecule has 4 atom stereocenters. The number of nitrogens with one attached hydrogen (secondary N) is 1. The highest BCUT2D eigenvalue weighted by atomic mass is 16.5. The van der Waals surface area contributed by atoms with Gasteiger partial charge >= 0.3 is 0 Å². The minimum atomic E-state index is -0.238. The van der Waals surface area contributed by atoms with E-state index in [0.29, 0.717) is 30.9 Å². The number of ether oxygens (including phenoxy) is 2. The number of carbonyl (C=O) groups excluding carboxylic acids is 1. The smallest absolute Gasteiger partial charge is 0.278 e. The number of piperidine rings is 1. The molecule has 1 aromatic rings. The van der Waals surface area contributed by atoms with E-state index in [1.807, 2.05) is 4.90 Å². The molecule has 4 aliphatic rings. The predicted octanol–water partition coefficient (Wildman–Crippen LogP) is 1.69. The fourth-order valence-electron chi connectivity index (χ4n) is 5.19. The molecule has 3 saturated heterocycles. The summed E-state index contributed by atoms with van der Waals surface area (Å²) in [5.41, 5.74) is 3.47. The molecule has 7 nitrogen and oxygen atoms in total. The Morgan fingerprint density at radius 2 is 2.27 bits per heavy atom. The molecule has 0 radical (unpaired) electrons. The standard InChI is InChI=1S/C19H25N3O4/c1-2-3-10-25-16-14(23)5-8-22-15(16)18(24)21-9-7-19-6-4-12(26-19)11-13(19)17(21)20-22/h5,8,12-13,17,20H,2-4,6-7,9-11H2,1H3/t12-,13+,17-,19-/m0/s1. The Hall–Kier alpha value is -2.02. The van der Waals surface area contributed by atoms with Crippen LogP contribution in [0.2, 0.25) is 0 Å². The summed E-state index contributed by atoms with van der Waals surface area (Å²) in [6.07, 6.45) is 7.82. The molecule has 0 aliphatic carbocycles. The second-order valence-electron chi connectivity index (χ2n) is 7.94. The fourth-order valence-corrected chi connectivity index (χ4v) is 5.19. The molecule has 0 unspecified atom stereocenters. The fraction of sp³-hybridized carbons (Fsp3) is 0.684. The van der Waals surface area contributed by atoms with Crippen LogP contribution < -0.4 is 15.6 Å². The number of hydrogen-bond acceptors (Lipinski definition) is 5. The van der Waals surface area contributed by atoms with Gasteiger partial charge in [0.15, 0.2) is 11.4 Å². The molecular weight excluding hydrogens is 334 g/mol. The van der Waals surface area contributed by atoms with Crippen molar-refractivity contribution >= 4 is 5.91 Å². The molecule has 5 heterocycles. The minimum Gasteiger partial charge on any atom is -0.487 e. The van der Waals surface area contributed by atoms with Crippen LogP contribution in [0.3, 0.4) is 0 Å². The van der Waals surface area contributed by atoms with E-state index in [-0.39, 0.29) is 28.9 Å². The van der Waals surface area contributed by atoms with Crippen molar-refractivity contribution in [2.24, 2.45) is 5.92 Å². The minimum absolute atomic E-state index is 0.0733. The van der Waals surface area contributed by atoms with Crippen molar-refractivity contribution in [2.45, 2.75) is 63.3 Å². The van der Waals surface area contributed by atoms with Crippen molar-refractivity contribution in [2.75, 3.05) is 18.6 Å². The number of hydrogen-bond donors (Lipinski definition) is 1. The normalized spacial score (nSPS) is 34.1. The Kier molecular flexibility index (Phi) is 3.57. The second-order valence-corrected chi connectivity index (χ2v) is 7.94. The molecule has 1 aromatic heterocycles. The highest BCUT2D eigenvalue weighted by Gasteiger charge is 2.60. The molecule has 140 valence electrons. The first-order valence-electron chi connectivity index (χ1n) is 9.77. The summed E-state index contributed by atoms with van der Waals surface area (Å²) < 4.78 is 13.7. The lowest BCUT2D eigenvalue weighted by Gasteiger charge is -2.51. The van der Waals surface area contributed by atoms with E-state index < -0.39 is 0 Å². The van der Waals surface area contributed by atoms with Crippen molar-refractivity contribution in [3.8, 4) is 5.75 Å². The van der Waals surface area contributed by atoms with Gasteiger partial charge in [-0.15, -0.1) is 0 Å². The summed E-state index contributed by atoms with van der Waals surface area (Å²) in [5.74, 6) is 0.355. The van der Waals surface area contributed by atoms with Gasteiger partial charge in [0.1, 0.15) is 6.17 Å². The third kappa shape index (κ3) is 2.16. The lowest BCUT2D eigenvalue weighted by Crippen LogP contribution is -2.65. The lowest BCUT2D eigenvalue weighted by atomic mass is 9.72. The van der Waals surface area contributed by atoms with Crippen molar-refractivity contribution in [1.82, 2.24) is 9.58 Å². The first-order chi connectivity index (χ1) is 12.6. The van der Waals surface area contributed by atoms with Crippen molar-refractivity contribution in [3.63, 3.8) is 0 Å². The molecule has 5 rings (SSSR count). The van der Waals surface area contributed by atoms with E-state index in [1.54, 1.807) is 10.9 Å². The molecule has 26 heavy (non-hydrogen) atoms. The van der Waals surface area contributed by atoms with Crippen LogP contribution in [0.4, 0.5) is 0 Å². The molecule has 1 N–H and O–H groups in total. The van der Waals surface area contributed by atoms with E-state index >= 15 is 0 Å². The third-order valence-corrected chi connectivity index (χ3v) is 6.51. The van der Waals surface area contributed by atoms with Gasteiger partial charge in [-0.3, -0.25) is 14.3 Å². The van der Waals surface area contributed by atoms with Crippen LogP contribution in [-0.4, -0.2) is 46.5 Å². The molecule has 0 saturated carbocycles. The molecular formula is C19H25N3O4. The van der Waals surface area contributed by atoms with Gasteiger partial charge in [-0.2, -0.15) is 0 Å². The Bertz CT molecular complexity index is 806. The van der Waals surface area contributed by atoms with Crippen LogP contribution in [-0.2, 0) is 4.74 Å². The van der Waals surface area contributed by atoms with Gasteiger partial charge in [0.25, 0.3) is 5.91 Å². The van der Waals surface area contributed by atoms with Gasteiger partial charge in [-0.25, -0.2) is 0 Å². The second kappa shape index (κ2) is 5.74. The molecule has 2 bridgehead atoms. The van der Waals surface area contributed by atoms with E-state index in [4.69, 9.17) is 9.47 Å². The number of rotatable bonds is 4. The number of carbonyl (C=O) groups is 1. The highest BCUT2D eigenvalue weighted by molar-refractivity contribution is 5.96. The zero-order valence-corrected chi connectivity index (χ0v) is 15.1. The predicted molar refractivity (Wildman–Crippen MR) is 94.9 cm³/mol. The maximum atomic E-state index is 13.3. The number of pyridine rings is 1. The van der Waals surface area contributed by atoms with Crippen molar-refractivity contribution in [3.05, 3.63) is 28.2 Å². The van der Waals surface area contributed by atoms with Gasteiger partial charge < -0.3 is 19.8 Å². The number of fused-ring (bicyclic) bond motifs is 4. The van der Waals surface area contributed by atoms with E-state index in [2.05, 4.69) is 12.3 Å². The van der Waals surface area contributed by atoms with E-state index in [0.717, 1.165) is 38.5 Å². The van der Waals surface area contributed by atoms with E-state index in [1.165, 1.54) is 6.07 Å². The Morgan fingerprint density at radius 1 is 1.38 bits per heavy atom. The summed E-state index contributed by atoms with van der Waals surface area (Å²) >= 11 is 0. The van der Waals surface area contributed by atoms with Gasteiger partial charge in [0, 0.05) is 24.7 Å². The number of nitrogens with zero attached hydrogens (tertiary/aromatic N) is 2. The lowest BCUT2D eigenvalue weighted by molar-refractivity contribution is -0.0655. The van der Waals surface area contributed by atoms with Crippen LogP contribution in [0, 0.1) is 5.92 Å². The summed E-state index contributed by atoms with van der Waals surface area (Å²) in [5, 5.41) is 0. The highest BCUT2D eigenvalue weighted by Crippen LogP contribution is 2.54. The van der Waals surface area contributed by atoms with Gasteiger partial charge in [0.2, 0.25) is 5.43 Å². The average molecular weight is 359 g/mol. The summed E-state index contributed by atoms with van der Waals surface area (Å²) in [7, 11) is 0. The molecule has 0 aromatic carbocycles. The Morgan fingerprint density at radius 3 is 3.08 bits per heavy atom. The molecule has 3 fully saturated rings. The first-order valence-corrected chi connectivity index (χ1v) is 9.77. The van der Waals surface area contributed by atoms with Crippen LogP contribution in [0.1, 0.15) is 55.9 Å². The van der Waals surface area contributed by atoms with Gasteiger partial charge in [0.05, 0.1) is 18.3 Å². The number of unbranched alkanes of at least 4 members (excludes halogenated alkanes) is 1. The van der Waals surface area contributed by atoms with Gasteiger partial charge in [-0.1, -0.05) is 13.3 Å². The monoisotopic (exact) mass is 359 g/mol. The van der Waals surface area contributed by atoms with Crippen molar-refractivity contribution in [1.29, 1.82) is 0 Å². The van der Waals surface area contributed by atoms with Crippen molar-refractivity contribution < 1.29 is 14.3 Å². The molecule has 1 amide bonds. The topological polar surface area (TPSA) is 72.8 Å². The molecule has 4 aliphatic heterocycles. The first kappa shape index (κ1) is 16.2. The van der Waals surface area contributed by atoms with Gasteiger partial charge in [-0.05, 0) is 32.1 Å². The maximum absolute atomic E-state index is 13.3. The average Bonchev–Trinajstić information content (AvgIpc) is 3.21. The Labute approximate surface area is 152 Å². The summed E-state index contributed by atoms with van der Waals surface area (Å²) in [6, 6.07) is 1.47. The zero-order chi connectivity index (χ0) is 17.9. The van der Waals surface area contributed by atoms with Crippen LogP contribution in [0.5, 0.6) is 5.75 Å². The maximum Gasteiger partial charge on any atom is 0.278 e. The van der Waals surface area contributed by atoms with Crippen LogP contribution in [0.15, 0.2) is 17.1 Å². The largest absolute Gasteiger partial charge is 0.487 e. The third-order valence-electron chi connectivity index (χ3n) is 6.51. The summed E-state index contributed by atoms with van der Waals surface area (Å²) in [6.45, 7) is 3.16. The molecule has 7 heteroatoms. The zero-order valence-electron chi connectivity index (χ0n) is 15.1. The Balaban J connectivity index is 1.50. The quantitative estimate of drug-likeness (QED) is 0.829. The number of aromatic nitrogens is 1. The van der Waals surface area contributed by atoms with Crippen LogP contribution >= 0.6 is 0 Å². The van der Waals surface area contributed by atoms with E-state index in [9.17, 15) is 9.59 Å². The summed E-state index contributed by atoms with van der Waals surface area (Å²) in [4.78, 5) is 27.5.